The Balaban J connectivity index is 2.41. The molecule has 0 saturated heterocycles. The van der Waals surface area contributed by atoms with Crippen LogP contribution in [0.5, 0.6) is 5.75 Å². The molecule has 0 aliphatic rings. The van der Waals surface area contributed by atoms with Crippen LogP contribution in [0.25, 0.3) is 0 Å². The van der Waals surface area contributed by atoms with Crippen molar-refractivity contribution in [1.29, 1.82) is 0 Å². The van der Waals surface area contributed by atoms with E-state index in [2.05, 4.69) is 0 Å². The minimum absolute atomic E-state index is 0.235. The van der Waals surface area contributed by atoms with Crippen molar-refractivity contribution in [1.82, 2.24) is 0 Å². The van der Waals surface area contributed by atoms with E-state index in [0.717, 1.165) is 0 Å². The summed E-state index contributed by atoms with van der Waals surface area (Å²) in [6, 6.07) is 6.02. The third-order valence-corrected chi connectivity index (χ3v) is 2.18. The lowest BCUT2D eigenvalue weighted by Gasteiger charge is -2.13. The molecule has 17 heavy (non-hydrogen) atoms. The van der Waals surface area contributed by atoms with Crippen molar-refractivity contribution < 1.29 is 22.7 Å². The SMILES string of the molecule is O=Cc1ccc(OCC(Cl)CC(F)(F)F)cc1. The molecule has 0 saturated carbocycles. The van der Waals surface area contributed by atoms with Gasteiger partial charge in [0, 0.05) is 5.56 Å². The quantitative estimate of drug-likeness (QED) is 0.603. The number of alkyl halides is 4. The summed E-state index contributed by atoms with van der Waals surface area (Å²) in [6.45, 7) is -0.235. The second kappa shape index (κ2) is 5.91. The maximum absolute atomic E-state index is 12.0. The highest BCUT2D eigenvalue weighted by Gasteiger charge is 2.31. The van der Waals surface area contributed by atoms with Gasteiger partial charge in [-0.25, -0.2) is 0 Å². The lowest BCUT2D eigenvalue weighted by Crippen LogP contribution is -2.20. The summed E-state index contributed by atoms with van der Waals surface area (Å²) >= 11 is 5.47. The first kappa shape index (κ1) is 13.8. The highest BCUT2D eigenvalue weighted by Crippen LogP contribution is 2.24. The van der Waals surface area contributed by atoms with Crippen LogP contribution >= 0.6 is 11.6 Å². The van der Waals surface area contributed by atoms with Gasteiger partial charge in [0.15, 0.2) is 0 Å². The summed E-state index contributed by atoms with van der Waals surface area (Å²) in [5.74, 6) is 0.378. The Kier molecular flexibility index (Phi) is 4.81. The molecule has 0 amide bonds. The van der Waals surface area contributed by atoms with Gasteiger partial charge in [0.2, 0.25) is 0 Å². The van der Waals surface area contributed by atoms with Crippen LogP contribution in [0.3, 0.4) is 0 Å². The highest BCUT2D eigenvalue weighted by molar-refractivity contribution is 6.20. The van der Waals surface area contributed by atoms with Gasteiger partial charge >= 0.3 is 6.18 Å². The molecule has 94 valence electrons. The molecular weight excluding hydrogens is 257 g/mol. The summed E-state index contributed by atoms with van der Waals surface area (Å²) < 4.78 is 40.9. The number of ether oxygens (including phenoxy) is 1. The summed E-state index contributed by atoms with van der Waals surface area (Å²) in [5, 5.41) is -1.12. The maximum atomic E-state index is 12.0. The lowest BCUT2D eigenvalue weighted by molar-refractivity contribution is -0.135. The molecule has 0 spiro atoms. The number of rotatable bonds is 5. The second-order valence-corrected chi connectivity index (χ2v) is 4.03. The molecule has 2 nitrogen and oxygen atoms in total. The third-order valence-electron chi connectivity index (χ3n) is 1.90. The molecule has 0 N–H and O–H groups in total. The van der Waals surface area contributed by atoms with Crippen molar-refractivity contribution in [3.63, 3.8) is 0 Å². The van der Waals surface area contributed by atoms with Gasteiger partial charge in [-0.15, -0.1) is 11.6 Å². The average molecular weight is 267 g/mol. The Labute approximate surface area is 101 Å². The van der Waals surface area contributed by atoms with E-state index < -0.39 is 18.0 Å². The standard InChI is InChI=1S/C11H10ClF3O2/c12-9(5-11(13,14)15)7-17-10-3-1-8(6-16)2-4-10/h1-4,6,9H,5,7H2. The van der Waals surface area contributed by atoms with Gasteiger partial charge in [-0.1, -0.05) is 0 Å². The molecule has 1 aromatic rings. The third kappa shape index (κ3) is 5.58. The lowest BCUT2D eigenvalue weighted by atomic mass is 10.2. The molecule has 1 aromatic carbocycles. The van der Waals surface area contributed by atoms with Crippen LogP contribution in [-0.2, 0) is 0 Å². The molecule has 1 rings (SSSR count). The van der Waals surface area contributed by atoms with Crippen LogP contribution in [-0.4, -0.2) is 24.4 Å². The van der Waals surface area contributed by atoms with E-state index in [4.69, 9.17) is 16.3 Å². The van der Waals surface area contributed by atoms with E-state index >= 15 is 0 Å². The number of benzene rings is 1. The van der Waals surface area contributed by atoms with Gasteiger partial charge in [-0.05, 0) is 24.3 Å². The molecule has 0 radical (unpaired) electrons. The van der Waals surface area contributed by atoms with Crippen molar-refractivity contribution >= 4 is 17.9 Å². The number of hydrogen-bond acceptors (Lipinski definition) is 2. The first-order valence-electron chi connectivity index (χ1n) is 4.79. The zero-order chi connectivity index (χ0) is 12.9. The van der Waals surface area contributed by atoms with Crippen LogP contribution < -0.4 is 4.74 Å². The second-order valence-electron chi connectivity index (χ2n) is 3.41. The van der Waals surface area contributed by atoms with Crippen LogP contribution in [0.15, 0.2) is 24.3 Å². The fourth-order valence-corrected chi connectivity index (χ4v) is 1.38. The Hall–Kier alpha value is -1.23. The van der Waals surface area contributed by atoms with Crippen molar-refractivity contribution in [2.75, 3.05) is 6.61 Å². The van der Waals surface area contributed by atoms with E-state index in [-0.39, 0.29) is 6.61 Å². The van der Waals surface area contributed by atoms with Crippen LogP contribution in [0.1, 0.15) is 16.8 Å². The molecule has 1 atom stereocenters. The molecule has 1 unspecified atom stereocenters. The smallest absolute Gasteiger partial charge is 0.390 e. The summed E-state index contributed by atoms with van der Waals surface area (Å²) in [6.07, 6.45) is -4.73. The van der Waals surface area contributed by atoms with Gasteiger partial charge in [0.1, 0.15) is 18.6 Å². The Morgan fingerprint density at radius 2 is 1.88 bits per heavy atom. The van der Waals surface area contributed by atoms with Crippen molar-refractivity contribution in [3.8, 4) is 5.75 Å². The van der Waals surface area contributed by atoms with E-state index in [1.165, 1.54) is 24.3 Å². The normalized spacial score (nSPS) is 13.2. The monoisotopic (exact) mass is 266 g/mol. The van der Waals surface area contributed by atoms with Gasteiger partial charge in [-0.2, -0.15) is 13.2 Å². The van der Waals surface area contributed by atoms with Crippen LogP contribution in [0, 0.1) is 0 Å². The topological polar surface area (TPSA) is 26.3 Å². The highest BCUT2D eigenvalue weighted by atomic mass is 35.5. The largest absolute Gasteiger partial charge is 0.492 e. The molecule has 0 fully saturated rings. The van der Waals surface area contributed by atoms with Crippen molar-refractivity contribution in [3.05, 3.63) is 29.8 Å². The van der Waals surface area contributed by atoms with Crippen molar-refractivity contribution in [2.24, 2.45) is 0 Å². The first-order chi connectivity index (χ1) is 7.90. The molecule has 0 heterocycles. The van der Waals surface area contributed by atoms with Gasteiger partial charge in [0.25, 0.3) is 0 Å². The fraction of sp³-hybridized carbons (Fsp3) is 0.364. The minimum Gasteiger partial charge on any atom is -0.492 e. The number of hydrogen-bond donors (Lipinski definition) is 0. The zero-order valence-corrected chi connectivity index (χ0v) is 9.46. The zero-order valence-electron chi connectivity index (χ0n) is 8.71. The van der Waals surface area contributed by atoms with Gasteiger partial charge in [-0.3, -0.25) is 4.79 Å². The molecule has 0 bridgehead atoms. The molecule has 0 aliphatic heterocycles. The minimum atomic E-state index is -4.29. The predicted octanol–water partition coefficient (Wildman–Crippen LogP) is 3.44. The van der Waals surface area contributed by atoms with Crippen LogP contribution in [0.2, 0.25) is 0 Å². The average Bonchev–Trinajstić information content (AvgIpc) is 2.25. The Bertz CT molecular complexity index is 362. The van der Waals surface area contributed by atoms with Gasteiger partial charge < -0.3 is 4.74 Å². The summed E-state index contributed by atoms with van der Waals surface area (Å²) in [4.78, 5) is 10.4. The molecule has 0 aromatic heterocycles. The predicted molar refractivity (Wildman–Crippen MR) is 57.6 cm³/mol. The first-order valence-corrected chi connectivity index (χ1v) is 5.23. The molecule has 6 heteroatoms. The maximum Gasteiger partial charge on any atom is 0.390 e. The van der Waals surface area contributed by atoms with Crippen molar-refractivity contribution in [2.45, 2.75) is 18.0 Å². The van der Waals surface area contributed by atoms with E-state index in [1.807, 2.05) is 0 Å². The number of aldehydes is 1. The van der Waals surface area contributed by atoms with Gasteiger partial charge in [0.05, 0.1) is 11.8 Å². The number of halogens is 4. The number of carbonyl (C=O) groups is 1. The van der Waals surface area contributed by atoms with E-state index in [9.17, 15) is 18.0 Å². The molecule has 0 aliphatic carbocycles. The summed E-state index contributed by atoms with van der Waals surface area (Å²) in [7, 11) is 0. The Morgan fingerprint density at radius 3 is 2.35 bits per heavy atom. The van der Waals surface area contributed by atoms with E-state index in [1.54, 1.807) is 0 Å². The summed E-state index contributed by atoms with van der Waals surface area (Å²) in [5.41, 5.74) is 0.468. The number of carbonyl (C=O) groups excluding carboxylic acids is 1. The van der Waals surface area contributed by atoms with Crippen LogP contribution in [0.4, 0.5) is 13.2 Å². The fourth-order valence-electron chi connectivity index (χ4n) is 1.14. The Morgan fingerprint density at radius 1 is 1.29 bits per heavy atom. The van der Waals surface area contributed by atoms with E-state index in [0.29, 0.717) is 17.6 Å². The molecular formula is C11H10ClF3O2.